The molecule has 0 unspecified atom stereocenters. The summed E-state index contributed by atoms with van der Waals surface area (Å²) >= 11 is 0. The molecule has 0 aliphatic rings. The average Bonchev–Trinajstić information content (AvgIpc) is 2.06. The smallest absolute Gasteiger partial charge is 0.460 e. The standard InChI is InChI=1S/C8H12O4Si/c1-5-9-13(10-6-2,11-7-3)12-8-4/h5-8H,1-4H2. The lowest BCUT2D eigenvalue weighted by atomic mass is 11.2. The Bertz CT molecular complexity index is 157. The highest BCUT2D eigenvalue weighted by atomic mass is 28.4. The predicted octanol–water partition coefficient (Wildman–Crippen LogP) is 2.06. The van der Waals surface area contributed by atoms with Crippen molar-refractivity contribution in [2.75, 3.05) is 0 Å². The molecular weight excluding hydrogens is 188 g/mol. The van der Waals surface area contributed by atoms with Crippen LogP contribution in [-0.2, 0) is 17.7 Å². The van der Waals surface area contributed by atoms with Crippen molar-refractivity contribution in [1.82, 2.24) is 0 Å². The van der Waals surface area contributed by atoms with E-state index < -0.39 is 9.05 Å². The fourth-order valence-electron chi connectivity index (χ4n) is 0.575. The van der Waals surface area contributed by atoms with E-state index in [1.807, 2.05) is 0 Å². The minimum absolute atomic E-state index is 1.16. The van der Waals surface area contributed by atoms with Gasteiger partial charge in [0, 0.05) is 0 Å². The summed E-state index contributed by atoms with van der Waals surface area (Å²) in [5.41, 5.74) is 0. The molecule has 0 rings (SSSR count). The van der Waals surface area contributed by atoms with Gasteiger partial charge in [0.2, 0.25) is 0 Å². The Balaban J connectivity index is 4.53. The molecule has 0 N–H and O–H groups in total. The van der Waals surface area contributed by atoms with Crippen LogP contribution in [0.1, 0.15) is 0 Å². The lowest BCUT2D eigenvalue weighted by Gasteiger charge is -2.21. The fourth-order valence-corrected chi connectivity index (χ4v) is 1.72. The van der Waals surface area contributed by atoms with Gasteiger partial charge in [0.25, 0.3) is 0 Å². The van der Waals surface area contributed by atoms with Crippen molar-refractivity contribution in [3.63, 3.8) is 0 Å². The molecule has 0 aromatic carbocycles. The second-order valence-electron chi connectivity index (χ2n) is 1.64. The maximum Gasteiger partial charge on any atom is 0.964 e. The van der Waals surface area contributed by atoms with E-state index >= 15 is 0 Å². The third-order valence-electron chi connectivity index (χ3n) is 0.911. The molecule has 0 aromatic heterocycles. The minimum atomic E-state index is -3.27. The van der Waals surface area contributed by atoms with Crippen molar-refractivity contribution >= 4 is 9.05 Å². The van der Waals surface area contributed by atoms with E-state index in [0.717, 1.165) is 25.0 Å². The van der Waals surface area contributed by atoms with Gasteiger partial charge in [-0.05, 0) is 0 Å². The molecule has 0 saturated heterocycles. The van der Waals surface area contributed by atoms with Crippen molar-refractivity contribution in [3.8, 4) is 0 Å². The van der Waals surface area contributed by atoms with E-state index in [0.29, 0.717) is 0 Å². The third kappa shape index (κ3) is 3.52. The van der Waals surface area contributed by atoms with Gasteiger partial charge < -0.3 is 17.7 Å². The molecule has 0 aliphatic carbocycles. The quantitative estimate of drug-likeness (QED) is 0.444. The third-order valence-corrected chi connectivity index (χ3v) is 2.73. The van der Waals surface area contributed by atoms with Gasteiger partial charge in [-0.15, -0.1) is 0 Å². The number of hydrogen-bond donors (Lipinski definition) is 0. The Labute approximate surface area is 78.9 Å². The topological polar surface area (TPSA) is 36.9 Å². The SMILES string of the molecule is C=CO[Si](OC=C)(OC=C)OC=C. The van der Waals surface area contributed by atoms with Gasteiger partial charge >= 0.3 is 9.05 Å². The zero-order chi connectivity index (χ0) is 10.2. The molecule has 0 bridgehead atoms. The zero-order valence-electron chi connectivity index (χ0n) is 7.27. The molecule has 0 heterocycles. The average molecular weight is 200 g/mol. The first-order valence-corrected chi connectivity index (χ1v) is 5.03. The van der Waals surface area contributed by atoms with Crippen LogP contribution in [-0.4, -0.2) is 9.05 Å². The summed E-state index contributed by atoms with van der Waals surface area (Å²) in [6, 6.07) is 0. The Kier molecular flexibility index (Phi) is 5.21. The zero-order valence-corrected chi connectivity index (χ0v) is 8.27. The summed E-state index contributed by atoms with van der Waals surface area (Å²) < 4.78 is 19.9. The molecule has 13 heavy (non-hydrogen) atoms. The van der Waals surface area contributed by atoms with Gasteiger partial charge in [-0.1, -0.05) is 26.3 Å². The van der Waals surface area contributed by atoms with Gasteiger partial charge in [-0.2, -0.15) is 0 Å². The highest BCUT2D eigenvalue weighted by Crippen LogP contribution is 2.12. The van der Waals surface area contributed by atoms with Crippen LogP contribution in [0.5, 0.6) is 0 Å². The van der Waals surface area contributed by atoms with Gasteiger partial charge in [0.15, 0.2) is 0 Å². The van der Waals surface area contributed by atoms with Crippen LogP contribution >= 0.6 is 0 Å². The Morgan fingerprint density at radius 1 is 0.615 bits per heavy atom. The van der Waals surface area contributed by atoms with Crippen molar-refractivity contribution in [2.45, 2.75) is 0 Å². The molecule has 0 spiro atoms. The molecule has 0 atom stereocenters. The molecule has 0 aromatic rings. The summed E-state index contributed by atoms with van der Waals surface area (Å²) in [6.45, 7) is 13.4. The summed E-state index contributed by atoms with van der Waals surface area (Å²) in [5, 5.41) is 0. The number of rotatable bonds is 8. The maximum absolute atomic E-state index is 4.97. The van der Waals surface area contributed by atoms with Gasteiger partial charge in [-0.25, -0.2) is 0 Å². The summed E-state index contributed by atoms with van der Waals surface area (Å²) in [4.78, 5) is 0. The van der Waals surface area contributed by atoms with Crippen molar-refractivity contribution in [1.29, 1.82) is 0 Å². The van der Waals surface area contributed by atoms with Gasteiger partial charge in [-0.3, -0.25) is 0 Å². The first-order valence-electron chi connectivity index (χ1n) is 3.39. The molecule has 0 fully saturated rings. The van der Waals surface area contributed by atoms with Gasteiger partial charge in [0.05, 0.1) is 25.0 Å². The molecule has 5 heteroatoms. The molecule has 0 amide bonds. The lowest BCUT2D eigenvalue weighted by molar-refractivity contribution is 0.0784. The molecular formula is C8H12O4Si. The first-order chi connectivity index (χ1) is 6.24. The largest absolute Gasteiger partial charge is 0.964 e. The van der Waals surface area contributed by atoms with E-state index in [2.05, 4.69) is 26.3 Å². The second-order valence-corrected chi connectivity index (χ2v) is 3.58. The van der Waals surface area contributed by atoms with Crippen LogP contribution in [0.25, 0.3) is 0 Å². The fraction of sp³-hybridized carbons (Fsp3) is 0. The van der Waals surface area contributed by atoms with Crippen LogP contribution in [0.15, 0.2) is 51.4 Å². The summed E-state index contributed by atoms with van der Waals surface area (Å²) in [5.74, 6) is 0. The van der Waals surface area contributed by atoms with E-state index in [1.54, 1.807) is 0 Å². The second kappa shape index (κ2) is 5.96. The Morgan fingerprint density at radius 2 is 0.846 bits per heavy atom. The van der Waals surface area contributed by atoms with Crippen LogP contribution in [0.4, 0.5) is 0 Å². The van der Waals surface area contributed by atoms with E-state index in [4.69, 9.17) is 17.7 Å². The lowest BCUT2D eigenvalue weighted by Crippen LogP contribution is -2.43. The summed E-state index contributed by atoms with van der Waals surface area (Å²) in [7, 11) is -3.27. The minimum Gasteiger partial charge on any atom is -0.460 e. The van der Waals surface area contributed by atoms with Crippen molar-refractivity contribution < 1.29 is 17.7 Å². The molecule has 72 valence electrons. The highest BCUT2D eigenvalue weighted by molar-refractivity contribution is 6.54. The molecule has 0 saturated carbocycles. The molecule has 0 aliphatic heterocycles. The highest BCUT2D eigenvalue weighted by Gasteiger charge is 2.54. The van der Waals surface area contributed by atoms with Gasteiger partial charge in [0.1, 0.15) is 0 Å². The van der Waals surface area contributed by atoms with E-state index in [-0.39, 0.29) is 0 Å². The number of hydrogen-bond acceptors (Lipinski definition) is 4. The summed E-state index contributed by atoms with van der Waals surface area (Å²) in [6.07, 6.45) is 4.62. The first kappa shape index (κ1) is 11.4. The monoisotopic (exact) mass is 200 g/mol. The Morgan fingerprint density at radius 3 is 1.00 bits per heavy atom. The van der Waals surface area contributed by atoms with Crippen LogP contribution < -0.4 is 0 Å². The Hall–Kier alpha value is -1.62. The molecule has 4 nitrogen and oxygen atoms in total. The maximum atomic E-state index is 4.97. The van der Waals surface area contributed by atoms with Crippen LogP contribution in [0.3, 0.4) is 0 Å². The molecule has 0 radical (unpaired) electrons. The van der Waals surface area contributed by atoms with E-state index in [9.17, 15) is 0 Å². The van der Waals surface area contributed by atoms with Crippen LogP contribution in [0.2, 0.25) is 0 Å². The van der Waals surface area contributed by atoms with E-state index in [1.165, 1.54) is 0 Å². The van der Waals surface area contributed by atoms with Crippen molar-refractivity contribution in [3.05, 3.63) is 51.4 Å². The predicted molar refractivity (Wildman–Crippen MR) is 50.9 cm³/mol. The normalized spacial score (nSPS) is 9.23. The van der Waals surface area contributed by atoms with Crippen molar-refractivity contribution in [2.24, 2.45) is 0 Å². The van der Waals surface area contributed by atoms with Crippen LogP contribution in [0, 0.1) is 0 Å².